The Hall–Kier alpha value is -0.0300. The number of halogens is 2. The third-order valence-electron chi connectivity index (χ3n) is 3.75. The molecule has 3 N–H and O–H groups in total. The number of carbonyl (C=O) groups excluding carboxylic acids is 1. The second-order valence-electron chi connectivity index (χ2n) is 5.09. The van der Waals surface area contributed by atoms with Crippen LogP contribution in [0, 0.1) is 11.8 Å². The van der Waals surface area contributed by atoms with Crippen molar-refractivity contribution in [2.75, 3.05) is 27.2 Å². The summed E-state index contributed by atoms with van der Waals surface area (Å²) in [6.07, 6.45) is 3.26. The lowest BCUT2D eigenvalue weighted by Crippen LogP contribution is -2.42. The molecule has 1 aliphatic rings. The number of nitrogens with one attached hydrogen (secondary N) is 1. The minimum Gasteiger partial charge on any atom is -0.354 e. The monoisotopic (exact) mass is 299 g/mol. The molecule has 0 aromatic heterocycles. The smallest absolute Gasteiger partial charge is 0.223 e. The molecule has 1 unspecified atom stereocenters. The number of amides is 1. The average molecular weight is 300 g/mol. The molecule has 1 amide bonds. The maximum Gasteiger partial charge on any atom is 0.223 e. The van der Waals surface area contributed by atoms with E-state index < -0.39 is 0 Å². The second kappa shape index (κ2) is 9.84. The largest absolute Gasteiger partial charge is 0.354 e. The van der Waals surface area contributed by atoms with Crippen molar-refractivity contribution in [3.05, 3.63) is 0 Å². The van der Waals surface area contributed by atoms with Gasteiger partial charge in [-0.1, -0.05) is 6.42 Å². The van der Waals surface area contributed by atoms with Crippen LogP contribution in [0.1, 0.15) is 26.2 Å². The first-order chi connectivity index (χ1) is 7.56. The zero-order valence-electron chi connectivity index (χ0n) is 11.5. The summed E-state index contributed by atoms with van der Waals surface area (Å²) in [5.74, 6) is 0.746. The molecule has 1 aliphatic carbocycles. The quantitative estimate of drug-likeness (QED) is 0.804. The first-order valence-corrected chi connectivity index (χ1v) is 6.20. The molecule has 110 valence electrons. The number of nitrogens with two attached hydrogens (primary N) is 1. The maximum atomic E-state index is 12.0. The summed E-state index contributed by atoms with van der Waals surface area (Å²) in [6.45, 7) is 3.47. The summed E-state index contributed by atoms with van der Waals surface area (Å²) >= 11 is 0. The van der Waals surface area contributed by atoms with Gasteiger partial charge >= 0.3 is 0 Å². The number of hydrogen-bond donors (Lipinski definition) is 2. The standard InChI is InChI=1S/C12H25N3O.2ClH/c1-9(15(2)3)8-14-12(16)11-6-4-5-10(11)7-13;;/h9-11H,4-8,13H2,1-3H3,(H,14,16);2*1H/t9?,10-,11-;;/m1../s1. The average Bonchev–Trinajstić information content (AvgIpc) is 2.73. The van der Waals surface area contributed by atoms with E-state index in [4.69, 9.17) is 5.73 Å². The Labute approximate surface area is 123 Å². The Balaban J connectivity index is 0. The zero-order valence-corrected chi connectivity index (χ0v) is 13.1. The van der Waals surface area contributed by atoms with E-state index in [0.29, 0.717) is 18.5 Å². The Morgan fingerprint density at radius 2 is 2.00 bits per heavy atom. The van der Waals surface area contributed by atoms with Gasteiger partial charge in [0.05, 0.1) is 0 Å². The zero-order chi connectivity index (χ0) is 12.1. The van der Waals surface area contributed by atoms with Gasteiger partial charge < -0.3 is 16.0 Å². The van der Waals surface area contributed by atoms with Crippen LogP contribution in [0.3, 0.4) is 0 Å². The highest BCUT2D eigenvalue weighted by Gasteiger charge is 2.31. The van der Waals surface area contributed by atoms with Crippen LogP contribution in [-0.4, -0.2) is 44.0 Å². The van der Waals surface area contributed by atoms with Crippen molar-refractivity contribution in [3.63, 3.8) is 0 Å². The van der Waals surface area contributed by atoms with E-state index in [1.165, 1.54) is 0 Å². The highest BCUT2D eigenvalue weighted by molar-refractivity contribution is 5.85. The van der Waals surface area contributed by atoms with Gasteiger partial charge in [-0.3, -0.25) is 4.79 Å². The Morgan fingerprint density at radius 1 is 1.39 bits per heavy atom. The lowest BCUT2D eigenvalue weighted by atomic mass is 9.95. The van der Waals surface area contributed by atoms with Crippen molar-refractivity contribution in [3.8, 4) is 0 Å². The SMILES string of the molecule is CC(CNC(=O)[C@@H]1CCC[C@@H]1CN)N(C)C.Cl.Cl. The summed E-state index contributed by atoms with van der Waals surface area (Å²) in [7, 11) is 4.05. The van der Waals surface area contributed by atoms with Gasteiger partial charge in [-0.15, -0.1) is 24.8 Å². The molecule has 6 heteroatoms. The van der Waals surface area contributed by atoms with Gasteiger partial charge in [0.25, 0.3) is 0 Å². The highest BCUT2D eigenvalue weighted by Crippen LogP contribution is 2.30. The van der Waals surface area contributed by atoms with Crippen molar-refractivity contribution in [1.82, 2.24) is 10.2 Å². The minimum absolute atomic E-state index is 0. The molecule has 18 heavy (non-hydrogen) atoms. The molecule has 0 aromatic rings. The van der Waals surface area contributed by atoms with Gasteiger partial charge in [-0.05, 0) is 46.3 Å². The Bertz CT molecular complexity index is 239. The van der Waals surface area contributed by atoms with Gasteiger partial charge in [0, 0.05) is 18.5 Å². The molecule has 1 fully saturated rings. The number of rotatable bonds is 5. The summed E-state index contributed by atoms with van der Waals surface area (Å²) in [4.78, 5) is 14.1. The van der Waals surface area contributed by atoms with E-state index in [1.807, 2.05) is 14.1 Å². The Morgan fingerprint density at radius 3 is 2.50 bits per heavy atom. The lowest BCUT2D eigenvalue weighted by Gasteiger charge is -2.22. The molecule has 1 saturated carbocycles. The predicted molar refractivity (Wildman–Crippen MR) is 80.5 cm³/mol. The molecule has 3 atom stereocenters. The van der Waals surface area contributed by atoms with Crippen LogP contribution in [0.4, 0.5) is 0 Å². The first-order valence-electron chi connectivity index (χ1n) is 6.20. The molecular formula is C12H27Cl2N3O. The molecule has 0 aromatic carbocycles. The minimum atomic E-state index is 0. The van der Waals surface area contributed by atoms with E-state index in [9.17, 15) is 4.79 Å². The van der Waals surface area contributed by atoms with Gasteiger partial charge in [-0.2, -0.15) is 0 Å². The second-order valence-corrected chi connectivity index (χ2v) is 5.09. The third kappa shape index (κ3) is 5.74. The molecule has 0 radical (unpaired) electrons. The number of carbonyl (C=O) groups is 1. The van der Waals surface area contributed by atoms with Gasteiger partial charge in [0.2, 0.25) is 5.91 Å². The maximum absolute atomic E-state index is 12.0. The number of nitrogens with zero attached hydrogens (tertiary/aromatic N) is 1. The fourth-order valence-electron chi connectivity index (χ4n) is 2.23. The van der Waals surface area contributed by atoms with Crippen molar-refractivity contribution in [2.45, 2.75) is 32.2 Å². The topological polar surface area (TPSA) is 58.4 Å². The molecule has 0 bridgehead atoms. The first kappa shape index (κ1) is 20.3. The molecular weight excluding hydrogens is 273 g/mol. The summed E-state index contributed by atoms with van der Waals surface area (Å²) in [6, 6.07) is 0.377. The molecule has 4 nitrogen and oxygen atoms in total. The van der Waals surface area contributed by atoms with Gasteiger partial charge in [0.1, 0.15) is 0 Å². The van der Waals surface area contributed by atoms with Crippen LogP contribution in [-0.2, 0) is 4.79 Å². The molecule has 0 saturated heterocycles. The van der Waals surface area contributed by atoms with Crippen molar-refractivity contribution in [2.24, 2.45) is 17.6 Å². The third-order valence-corrected chi connectivity index (χ3v) is 3.75. The van der Waals surface area contributed by atoms with Crippen LogP contribution in [0.5, 0.6) is 0 Å². The van der Waals surface area contributed by atoms with Crippen LogP contribution in [0.15, 0.2) is 0 Å². The van der Waals surface area contributed by atoms with Gasteiger partial charge in [0.15, 0.2) is 0 Å². The molecule has 0 spiro atoms. The summed E-state index contributed by atoms with van der Waals surface area (Å²) in [5.41, 5.74) is 5.68. The van der Waals surface area contributed by atoms with Crippen LogP contribution in [0.25, 0.3) is 0 Å². The fourth-order valence-corrected chi connectivity index (χ4v) is 2.23. The van der Waals surface area contributed by atoms with Gasteiger partial charge in [-0.25, -0.2) is 0 Å². The summed E-state index contributed by atoms with van der Waals surface area (Å²) in [5, 5.41) is 3.03. The van der Waals surface area contributed by atoms with E-state index in [2.05, 4.69) is 17.1 Å². The molecule has 0 aliphatic heterocycles. The van der Waals surface area contributed by atoms with E-state index in [1.54, 1.807) is 0 Å². The molecule has 0 heterocycles. The normalized spacial score (nSPS) is 24.1. The number of likely N-dealkylation sites (N-methyl/N-ethyl adjacent to an activating group) is 1. The van der Waals surface area contributed by atoms with Crippen molar-refractivity contribution in [1.29, 1.82) is 0 Å². The Kier molecular flexibility index (Phi) is 11.1. The van der Waals surface area contributed by atoms with Crippen molar-refractivity contribution < 1.29 is 4.79 Å². The fraction of sp³-hybridized carbons (Fsp3) is 0.917. The van der Waals surface area contributed by atoms with E-state index in [0.717, 1.165) is 25.8 Å². The predicted octanol–water partition coefficient (Wildman–Crippen LogP) is 1.27. The highest BCUT2D eigenvalue weighted by atomic mass is 35.5. The van der Waals surface area contributed by atoms with E-state index >= 15 is 0 Å². The van der Waals surface area contributed by atoms with Crippen LogP contribution in [0.2, 0.25) is 0 Å². The van der Waals surface area contributed by atoms with Crippen LogP contribution < -0.4 is 11.1 Å². The van der Waals surface area contributed by atoms with Crippen molar-refractivity contribution >= 4 is 30.7 Å². The van der Waals surface area contributed by atoms with Crippen LogP contribution >= 0.6 is 24.8 Å². The lowest BCUT2D eigenvalue weighted by molar-refractivity contribution is -0.126. The summed E-state index contributed by atoms with van der Waals surface area (Å²) < 4.78 is 0. The molecule has 1 rings (SSSR count). The van der Waals surface area contributed by atoms with E-state index in [-0.39, 0.29) is 36.6 Å². The number of hydrogen-bond acceptors (Lipinski definition) is 3.